The summed E-state index contributed by atoms with van der Waals surface area (Å²) >= 11 is 1.71. The van der Waals surface area contributed by atoms with Gasteiger partial charge in [-0.25, -0.2) is 0 Å². The lowest BCUT2D eigenvalue weighted by Gasteiger charge is -1.99. The number of anilines is 1. The van der Waals surface area contributed by atoms with Crippen LogP contribution in [-0.2, 0) is 4.79 Å². The van der Waals surface area contributed by atoms with Gasteiger partial charge in [-0.05, 0) is 24.8 Å². The topological polar surface area (TPSA) is 55.1 Å². The SMILES string of the molecule is Cc1cc(NC(=O)C2CC2c2cccs2)no1. The second-order valence-electron chi connectivity index (χ2n) is 4.28. The highest BCUT2D eigenvalue weighted by Crippen LogP contribution is 2.49. The lowest BCUT2D eigenvalue weighted by molar-refractivity contribution is -0.117. The molecule has 1 saturated carbocycles. The van der Waals surface area contributed by atoms with E-state index in [0.29, 0.717) is 17.5 Å². The third kappa shape index (κ3) is 2.10. The average Bonchev–Trinajstić information content (AvgIpc) is 2.72. The lowest BCUT2D eigenvalue weighted by atomic mass is 10.2. The van der Waals surface area contributed by atoms with Crippen molar-refractivity contribution in [3.8, 4) is 0 Å². The van der Waals surface area contributed by atoms with Gasteiger partial charge >= 0.3 is 0 Å². The van der Waals surface area contributed by atoms with Crippen LogP contribution in [0.5, 0.6) is 0 Å². The molecule has 0 aromatic carbocycles. The molecule has 0 radical (unpaired) electrons. The van der Waals surface area contributed by atoms with Crippen LogP contribution in [0.3, 0.4) is 0 Å². The van der Waals surface area contributed by atoms with E-state index in [1.807, 2.05) is 11.4 Å². The van der Waals surface area contributed by atoms with E-state index >= 15 is 0 Å². The maximum absolute atomic E-state index is 11.9. The van der Waals surface area contributed by atoms with Crippen molar-refractivity contribution in [2.75, 3.05) is 5.32 Å². The van der Waals surface area contributed by atoms with Crippen LogP contribution in [0.4, 0.5) is 5.82 Å². The monoisotopic (exact) mass is 248 g/mol. The minimum atomic E-state index is 0.0386. The second kappa shape index (κ2) is 4.00. The minimum Gasteiger partial charge on any atom is -0.360 e. The average molecular weight is 248 g/mol. The van der Waals surface area contributed by atoms with Crippen molar-refractivity contribution < 1.29 is 9.32 Å². The molecule has 5 heteroatoms. The standard InChI is InChI=1S/C12H12N2O2S/c1-7-5-11(14-16-7)13-12(15)9-6-8(9)10-3-2-4-17-10/h2-5,8-9H,6H2,1H3,(H,13,14,15). The zero-order valence-corrected chi connectivity index (χ0v) is 10.2. The zero-order chi connectivity index (χ0) is 11.8. The maximum Gasteiger partial charge on any atom is 0.229 e. The van der Waals surface area contributed by atoms with Gasteiger partial charge in [-0.3, -0.25) is 4.79 Å². The third-order valence-electron chi connectivity index (χ3n) is 2.92. The first-order chi connectivity index (χ1) is 8.24. The molecule has 2 aromatic heterocycles. The molecule has 2 atom stereocenters. The molecule has 0 saturated heterocycles. The van der Waals surface area contributed by atoms with Crippen LogP contribution < -0.4 is 5.32 Å². The fraction of sp³-hybridized carbons (Fsp3) is 0.333. The van der Waals surface area contributed by atoms with Gasteiger partial charge in [-0.1, -0.05) is 11.2 Å². The molecule has 2 unspecified atom stereocenters. The molecule has 1 fully saturated rings. The van der Waals surface area contributed by atoms with Crippen LogP contribution >= 0.6 is 11.3 Å². The normalized spacial score (nSPS) is 22.4. The van der Waals surface area contributed by atoms with E-state index in [2.05, 4.69) is 16.5 Å². The molecular formula is C12H12N2O2S. The Morgan fingerprint density at radius 1 is 1.65 bits per heavy atom. The van der Waals surface area contributed by atoms with Crippen LogP contribution in [-0.4, -0.2) is 11.1 Å². The Labute approximate surface area is 103 Å². The summed E-state index contributed by atoms with van der Waals surface area (Å²) in [4.78, 5) is 13.2. The van der Waals surface area contributed by atoms with E-state index in [9.17, 15) is 4.79 Å². The van der Waals surface area contributed by atoms with Crippen LogP contribution in [0.1, 0.15) is 23.0 Å². The summed E-state index contributed by atoms with van der Waals surface area (Å²) < 4.78 is 4.90. The van der Waals surface area contributed by atoms with Crippen molar-refractivity contribution in [2.45, 2.75) is 19.3 Å². The first-order valence-electron chi connectivity index (χ1n) is 5.51. The van der Waals surface area contributed by atoms with Crippen molar-refractivity contribution in [3.63, 3.8) is 0 Å². The fourth-order valence-corrected chi connectivity index (χ4v) is 2.85. The molecule has 1 N–H and O–H groups in total. The first kappa shape index (κ1) is 10.5. The van der Waals surface area contributed by atoms with E-state index in [4.69, 9.17) is 4.52 Å². The highest BCUT2D eigenvalue weighted by atomic mass is 32.1. The van der Waals surface area contributed by atoms with Crippen molar-refractivity contribution in [1.29, 1.82) is 0 Å². The van der Waals surface area contributed by atoms with E-state index in [0.717, 1.165) is 6.42 Å². The Morgan fingerprint density at radius 3 is 3.18 bits per heavy atom. The summed E-state index contributed by atoms with van der Waals surface area (Å²) in [6.07, 6.45) is 0.934. The Hall–Kier alpha value is -1.62. The second-order valence-corrected chi connectivity index (χ2v) is 5.26. The summed E-state index contributed by atoms with van der Waals surface area (Å²) in [7, 11) is 0. The van der Waals surface area contributed by atoms with Crippen molar-refractivity contribution in [1.82, 2.24) is 5.16 Å². The molecule has 1 aliphatic carbocycles. The van der Waals surface area contributed by atoms with E-state index in [1.54, 1.807) is 24.3 Å². The van der Waals surface area contributed by atoms with Crippen molar-refractivity contribution >= 4 is 23.1 Å². The summed E-state index contributed by atoms with van der Waals surface area (Å²) in [6, 6.07) is 5.83. The number of carbonyl (C=O) groups is 1. The molecule has 88 valence electrons. The van der Waals surface area contributed by atoms with Gasteiger partial charge in [-0.15, -0.1) is 11.3 Å². The van der Waals surface area contributed by atoms with E-state index in [1.165, 1.54) is 4.88 Å². The van der Waals surface area contributed by atoms with Crippen LogP contribution in [0.2, 0.25) is 0 Å². The molecule has 1 amide bonds. The van der Waals surface area contributed by atoms with Crippen LogP contribution in [0.15, 0.2) is 28.1 Å². The number of nitrogens with one attached hydrogen (secondary N) is 1. The molecule has 1 aliphatic rings. The number of carbonyl (C=O) groups excluding carboxylic acids is 1. The molecule has 0 spiro atoms. The Kier molecular flexibility index (Phi) is 2.48. The van der Waals surface area contributed by atoms with Crippen molar-refractivity contribution in [3.05, 3.63) is 34.2 Å². The third-order valence-corrected chi connectivity index (χ3v) is 3.92. The summed E-state index contributed by atoms with van der Waals surface area (Å²) in [6.45, 7) is 1.80. The van der Waals surface area contributed by atoms with Crippen molar-refractivity contribution in [2.24, 2.45) is 5.92 Å². The summed E-state index contributed by atoms with van der Waals surface area (Å²) in [5.74, 6) is 1.72. The number of nitrogens with zero attached hydrogens (tertiary/aromatic N) is 1. The first-order valence-corrected chi connectivity index (χ1v) is 6.39. The fourth-order valence-electron chi connectivity index (χ4n) is 1.95. The number of hydrogen-bond donors (Lipinski definition) is 1. The Balaban J connectivity index is 1.62. The van der Waals surface area contributed by atoms with Crippen LogP contribution in [0, 0.1) is 12.8 Å². The predicted octanol–water partition coefficient (Wildman–Crippen LogP) is 2.79. The molecule has 4 nitrogen and oxygen atoms in total. The van der Waals surface area contributed by atoms with Crippen LogP contribution in [0.25, 0.3) is 0 Å². The number of amides is 1. The lowest BCUT2D eigenvalue weighted by Crippen LogP contribution is -2.14. The highest BCUT2D eigenvalue weighted by Gasteiger charge is 2.44. The minimum absolute atomic E-state index is 0.0386. The number of rotatable bonds is 3. The van der Waals surface area contributed by atoms with E-state index in [-0.39, 0.29) is 11.8 Å². The predicted molar refractivity (Wildman–Crippen MR) is 65.0 cm³/mol. The van der Waals surface area contributed by atoms with Gasteiger partial charge in [0.2, 0.25) is 5.91 Å². The van der Waals surface area contributed by atoms with E-state index < -0.39 is 0 Å². The number of hydrogen-bond acceptors (Lipinski definition) is 4. The number of aryl methyl sites for hydroxylation is 1. The Bertz CT molecular complexity index is 532. The molecule has 0 bridgehead atoms. The van der Waals surface area contributed by atoms with Gasteiger partial charge < -0.3 is 9.84 Å². The highest BCUT2D eigenvalue weighted by molar-refractivity contribution is 7.10. The molecular weight excluding hydrogens is 236 g/mol. The molecule has 17 heavy (non-hydrogen) atoms. The zero-order valence-electron chi connectivity index (χ0n) is 9.34. The summed E-state index contributed by atoms with van der Waals surface area (Å²) in [5.41, 5.74) is 0. The molecule has 2 heterocycles. The van der Waals surface area contributed by atoms with Gasteiger partial charge in [0, 0.05) is 22.8 Å². The quantitative estimate of drug-likeness (QED) is 0.908. The van der Waals surface area contributed by atoms with Gasteiger partial charge in [0.25, 0.3) is 0 Å². The van der Waals surface area contributed by atoms with Gasteiger partial charge in [-0.2, -0.15) is 0 Å². The smallest absolute Gasteiger partial charge is 0.229 e. The van der Waals surface area contributed by atoms with Gasteiger partial charge in [0.15, 0.2) is 5.82 Å². The molecule has 3 rings (SSSR count). The summed E-state index contributed by atoms with van der Waals surface area (Å²) in [5, 5.41) is 8.57. The number of thiophene rings is 1. The largest absolute Gasteiger partial charge is 0.360 e. The van der Waals surface area contributed by atoms with Gasteiger partial charge in [0.05, 0.1) is 0 Å². The van der Waals surface area contributed by atoms with Gasteiger partial charge in [0.1, 0.15) is 5.76 Å². The Morgan fingerprint density at radius 2 is 2.53 bits per heavy atom. The number of aromatic nitrogens is 1. The molecule has 0 aliphatic heterocycles. The maximum atomic E-state index is 11.9. The molecule has 2 aromatic rings.